The van der Waals surface area contributed by atoms with Crippen LogP contribution in [0, 0.1) is 0 Å². The third kappa shape index (κ3) is 4.34. The largest absolute Gasteiger partial charge is 0.481 e. The van der Waals surface area contributed by atoms with Crippen LogP contribution in [0.4, 0.5) is 4.79 Å². The van der Waals surface area contributed by atoms with Gasteiger partial charge in [-0.25, -0.2) is 9.59 Å². The highest BCUT2D eigenvalue weighted by Gasteiger charge is 2.36. The highest BCUT2D eigenvalue weighted by atomic mass is 16.5. The number of esters is 1. The Morgan fingerprint density at radius 3 is 2.57 bits per heavy atom. The van der Waals surface area contributed by atoms with E-state index in [0.29, 0.717) is 19.5 Å². The highest BCUT2D eigenvalue weighted by Crippen LogP contribution is 2.21. The van der Waals surface area contributed by atoms with E-state index in [9.17, 15) is 14.4 Å². The zero-order valence-corrected chi connectivity index (χ0v) is 12.9. The number of methoxy groups -OCH3 is 1. The topological polar surface area (TPSA) is 87.2 Å². The molecule has 120 valence electrons. The number of hydrogen-bond donors (Lipinski definition) is 1. The van der Waals surface area contributed by atoms with Crippen LogP contribution in [0.5, 0.6) is 0 Å². The predicted molar refractivity (Wildman–Crippen MR) is 75.9 cm³/mol. The van der Waals surface area contributed by atoms with Gasteiger partial charge < -0.3 is 19.6 Å². The Labute approximate surface area is 124 Å². The Balaban J connectivity index is 2.85. The number of rotatable bonds is 5. The standard InChI is InChI=1S/C14H24N2O5/c1-4-15(10(2)9-12(17)18)14(20)16-8-6-5-7-11(16)13(19)21-3/h10-11H,4-9H2,1-3H3,(H,17,18). The lowest BCUT2D eigenvalue weighted by Gasteiger charge is -2.39. The lowest BCUT2D eigenvalue weighted by atomic mass is 10.0. The quantitative estimate of drug-likeness (QED) is 0.774. The summed E-state index contributed by atoms with van der Waals surface area (Å²) in [4.78, 5) is 38.3. The smallest absolute Gasteiger partial charge is 0.328 e. The van der Waals surface area contributed by atoms with Gasteiger partial charge in [0, 0.05) is 19.1 Å². The van der Waals surface area contributed by atoms with Crippen molar-refractivity contribution in [1.82, 2.24) is 9.80 Å². The number of carbonyl (C=O) groups excluding carboxylic acids is 2. The fraction of sp³-hybridized carbons (Fsp3) is 0.786. The minimum atomic E-state index is -0.947. The average Bonchev–Trinajstić information content (AvgIpc) is 2.46. The normalized spacial score (nSPS) is 19.8. The number of aliphatic carboxylic acids is 1. The minimum absolute atomic E-state index is 0.115. The summed E-state index contributed by atoms with van der Waals surface area (Å²) in [6.07, 6.45) is 2.18. The summed E-state index contributed by atoms with van der Waals surface area (Å²) in [5, 5.41) is 8.87. The summed E-state index contributed by atoms with van der Waals surface area (Å²) in [6.45, 7) is 4.40. The van der Waals surface area contributed by atoms with Crippen molar-refractivity contribution < 1.29 is 24.2 Å². The Kier molecular flexibility index (Phi) is 6.45. The SMILES string of the molecule is CCN(C(=O)N1CCCCC1C(=O)OC)C(C)CC(=O)O. The summed E-state index contributed by atoms with van der Waals surface area (Å²) in [6, 6.07) is -1.27. The van der Waals surface area contributed by atoms with Gasteiger partial charge >= 0.3 is 18.0 Å². The van der Waals surface area contributed by atoms with Crippen LogP contribution < -0.4 is 0 Å². The number of carboxylic acids is 1. The third-order valence-corrected chi connectivity index (χ3v) is 3.81. The fourth-order valence-corrected chi connectivity index (χ4v) is 2.70. The molecule has 0 aromatic carbocycles. The van der Waals surface area contributed by atoms with Crippen molar-refractivity contribution in [2.45, 2.75) is 51.6 Å². The van der Waals surface area contributed by atoms with Crippen molar-refractivity contribution in [1.29, 1.82) is 0 Å². The van der Waals surface area contributed by atoms with E-state index in [4.69, 9.17) is 9.84 Å². The molecular weight excluding hydrogens is 276 g/mol. The molecule has 0 aromatic heterocycles. The molecule has 7 nitrogen and oxygen atoms in total. The van der Waals surface area contributed by atoms with Gasteiger partial charge in [-0.2, -0.15) is 0 Å². The van der Waals surface area contributed by atoms with E-state index >= 15 is 0 Å². The van der Waals surface area contributed by atoms with Crippen LogP contribution in [0.2, 0.25) is 0 Å². The summed E-state index contributed by atoms with van der Waals surface area (Å²) < 4.78 is 4.76. The predicted octanol–water partition coefficient (Wildman–Crippen LogP) is 1.32. The second-order valence-electron chi connectivity index (χ2n) is 5.24. The van der Waals surface area contributed by atoms with E-state index < -0.39 is 24.0 Å². The van der Waals surface area contributed by atoms with Gasteiger partial charge in [-0.15, -0.1) is 0 Å². The molecule has 1 N–H and O–H groups in total. The molecule has 1 heterocycles. The molecule has 1 fully saturated rings. The molecule has 0 spiro atoms. The molecule has 0 aromatic rings. The first-order valence-corrected chi connectivity index (χ1v) is 7.29. The maximum atomic E-state index is 12.6. The van der Waals surface area contributed by atoms with Crippen molar-refractivity contribution in [2.75, 3.05) is 20.2 Å². The summed E-state index contributed by atoms with van der Waals surface area (Å²) in [5.74, 6) is -1.36. The van der Waals surface area contributed by atoms with Gasteiger partial charge in [0.15, 0.2) is 0 Å². The first kappa shape index (κ1) is 17.3. The lowest BCUT2D eigenvalue weighted by molar-refractivity contribution is -0.147. The van der Waals surface area contributed by atoms with E-state index in [1.165, 1.54) is 16.9 Å². The highest BCUT2D eigenvalue weighted by molar-refractivity contribution is 5.84. The number of hydrogen-bond acceptors (Lipinski definition) is 4. The second kappa shape index (κ2) is 7.85. The summed E-state index contributed by atoms with van der Waals surface area (Å²) >= 11 is 0. The number of carboxylic acid groups (broad SMARTS) is 1. The Bertz CT molecular complexity index is 399. The van der Waals surface area contributed by atoms with E-state index in [1.54, 1.807) is 13.8 Å². The van der Waals surface area contributed by atoms with Crippen LogP contribution in [0.15, 0.2) is 0 Å². The average molecular weight is 300 g/mol. The molecule has 1 saturated heterocycles. The number of piperidine rings is 1. The van der Waals surface area contributed by atoms with E-state index in [2.05, 4.69) is 0 Å². The molecule has 2 unspecified atom stereocenters. The van der Waals surface area contributed by atoms with Crippen molar-refractivity contribution >= 4 is 18.0 Å². The maximum Gasteiger partial charge on any atom is 0.328 e. The summed E-state index contributed by atoms with van der Waals surface area (Å²) in [7, 11) is 1.31. The van der Waals surface area contributed by atoms with Crippen LogP contribution in [-0.4, -0.2) is 65.2 Å². The van der Waals surface area contributed by atoms with Crippen LogP contribution in [-0.2, 0) is 14.3 Å². The molecule has 0 saturated carbocycles. The zero-order chi connectivity index (χ0) is 16.0. The summed E-state index contributed by atoms with van der Waals surface area (Å²) in [5.41, 5.74) is 0. The van der Waals surface area contributed by atoms with Gasteiger partial charge in [-0.1, -0.05) is 0 Å². The van der Waals surface area contributed by atoms with Gasteiger partial charge in [-0.3, -0.25) is 4.79 Å². The molecule has 0 radical (unpaired) electrons. The van der Waals surface area contributed by atoms with E-state index in [1.807, 2.05) is 0 Å². The van der Waals surface area contributed by atoms with Gasteiger partial charge in [0.25, 0.3) is 0 Å². The fourth-order valence-electron chi connectivity index (χ4n) is 2.70. The van der Waals surface area contributed by atoms with Crippen LogP contribution in [0.1, 0.15) is 39.5 Å². The molecular formula is C14H24N2O5. The molecule has 0 bridgehead atoms. The van der Waals surface area contributed by atoms with E-state index in [-0.39, 0.29) is 12.5 Å². The molecule has 21 heavy (non-hydrogen) atoms. The molecule has 7 heteroatoms. The lowest BCUT2D eigenvalue weighted by Crippen LogP contribution is -2.55. The van der Waals surface area contributed by atoms with Gasteiger partial charge in [-0.05, 0) is 33.1 Å². The van der Waals surface area contributed by atoms with Gasteiger partial charge in [0.05, 0.1) is 13.5 Å². The second-order valence-corrected chi connectivity index (χ2v) is 5.24. The van der Waals surface area contributed by atoms with Gasteiger partial charge in [0.2, 0.25) is 0 Å². The van der Waals surface area contributed by atoms with Crippen LogP contribution >= 0.6 is 0 Å². The van der Waals surface area contributed by atoms with Crippen molar-refractivity contribution in [3.8, 4) is 0 Å². The Morgan fingerprint density at radius 2 is 2.05 bits per heavy atom. The Hall–Kier alpha value is -1.79. The third-order valence-electron chi connectivity index (χ3n) is 3.81. The molecule has 2 amide bonds. The molecule has 2 atom stereocenters. The number of ether oxygens (including phenoxy) is 1. The van der Waals surface area contributed by atoms with Crippen molar-refractivity contribution in [3.63, 3.8) is 0 Å². The van der Waals surface area contributed by atoms with E-state index in [0.717, 1.165) is 12.8 Å². The molecule has 1 aliphatic rings. The monoisotopic (exact) mass is 300 g/mol. The molecule has 1 rings (SSSR count). The Morgan fingerprint density at radius 1 is 1.38 bits per heavy atom. The van der Waals surface area contributed by atoms with Crippen LogP contribution in [0.25, 0.3) is 0 Å². The van der Waals surface area contributed by atoms with Gasteiger partial charge in [0.1, 0.15) is 6.04 Å². The number of likely N-dealkylation sites (tertiary alicyclic amines) is 1. The molecule has 1 aliphatic heterocycles. The number of carbonyl (C=O) groups is 3. The van der Waals surface area contributed by atoms with Crippen LogP contribution in [0.3, 0.4) is 0 Å². The number of nitrogens with zero attached hydrogens (tertiary/aromatic N) is 2. The maximum absolute atomic E-state index is 12.6. The first-order valence-electron chi connectivity index (χ1n) is 7.29. The number of amides is 2. The minimum Gasteiger partial charge on any atom is -0.481 e. The first-order chi connectivity index (χ1) is 9.92. The van der Waals surface area contributed by atoms with Crippen molar-refractivity contribution in [3.05, 3.63) is 0 Å². The van der Waals surface area contributed by atoms with Crippen molar-refractivity contribution in [2.24, 2.45) is 0 Å². The molecule has 0 aliphatic carbocycles. The zero-order valence-electron chi connectivity index (χ0n) is 12.9. The number of urea groups is 1.